The van der Waals surface area contributed by atoms with E-state index in [9.17, 15) is 4.79 Å². The lowest BCUT2D eigenvalue weighted by molar-refractivity contribution is 0.0935. The molecule has 3 nitrogen and oxygen atoms in total. The van der Waals surface area contributed by atoms with Gasteiger partial charge in [-0.3, -0.25) is 4.79 Å². The number of rotatable bonds is 2. The predicted octanol–water partition coefficient (Wildman–Crippen LogP) is 4.28. The van der Waals surface area contributed by atoms with Crippen LogP contribution >= 0.6 is 23.2 Å². The Labute approximate surface area is 133 Å². The second kappa shape index (κ2) is 5.96. The standard InChI is InChI=1S/C16H14Cl2N2O/c17-10-5-6-12-14(7-8-19-15(12)9-10)20-16(21)11-3-1-2-4-13(11)18/h1-6,9,14,19H,7-8H2,(H,20,21). The summed E-state index contributed by atoms with van der Waals surface area (Å²) >= 11 is 12.1. The monoisotopic (exact) mass is 320 g/mol. The average Bonchev–Trinajstić information content (AvgIpc) is 2.47. The molecule has 0 aromatic heterocycles. The summed E-state index contributed by atoms with van der Waals surface area (Å²) in [5.74, 6) is -0.159. The molecular weight excluding hydrogens is 307 g/mol. The van der Waals surface area contributed by atoms with Crippen molar-refractivity contribution in [3.05, 3.63) is 63.6 Å². The maximum atomic E-state index is 12.4. The van der Waals surface area contributed by atoms with Crippen LogP contribution in [0.1, 0.15) is 28.4 Å². The molecule has 1 amide bonds. The Morgan fingerprint density at radius 3 is 2.81 bits per heavy atom. The molecule has 21 heavy (non-hydrogen) atoms. The first-order valence-electron chi connectivity index (χ1n) is 6.74. The van der Waals surface area contributed by atoms with E-state index in [0.29, 0.717) is 15.6 Å². The summed E-state index contributed by atoms with van der Waals surface area (Å²) in [5, 5.41) is 7.48. The van der Waals surface area contributed by atoms with Gasteiger partial charge in [-0.25, -0.2) is 0 Å². The molecule has 0 spiro atoms. The number of carbonyl (C=O) groups is 1. The van der Waals surface area contributed by atoms with Crippen molar-refractivity contribution in [2.75, 3.05) is 11.9 Å². The third kappa shape index (κ3) is 2.99. The third-order valence-electron chi connectivity index (χ3n) is 3.56. The van der Waals surface area contributed by atoms with Gasteiger partial charge >= 0.3 is 0 Å². The molecule has 0 fully saturated rings. The predicted molar refractivity (Wildman–Crippen MR) is 86.2 cm³/mol. The quantitative estimate of drug-likeness (QED) is 0.867. The fourth-order valence-electron chi connectivity index (χ4n) is 2.52. The molecule has 1 unspecified atom stereocenters. The molecule has 2 aromatic rings. The fourth-order valence-corrected chi connectivity index (χ4v) is 2.92. The van der Waals surface area contributed by atoms with Crippen molar-refractivity contribution in [3.8, 4) is 0 Å². The van der Waals surface area contributed by atoms with Gasteiger partial charge in [0.25, 0.3) is 5.91 Å². The average molecular weight is 321 g/mol. The lowest BCUT2D eigenvalue weighted by Crippen LogP contribution is -2.33. The molecule has 0 bridgehead atoms. The van der Waals surface area contributed by atoms with Crippen LogP contribution in [-0.4, -0.2) is 12.5 Å². The molecule has 3 rings (SSSR count). The molecule has 1 atom stereocenters. The van der Waals surface area contributed by atoms with Crippen molar-refractivity contribution in [2.24, 2.45) is 0 Å². The topological polar surface area (TPSA) is 41.1 Å². The molecule has 2 N–H and O–H groups in total. The first kappa shape index (κ1) is 14.2. The van der Waals surface area contributed by atoms with Crippen molar-refractivity contribution < 1.29 is 4.79 Å². The van der Waals surface area contributed by atoms with Gasteiger partial charge in [0.05, 0.1) is 16.6 Å². The van der Waals surface area contributed by atoms with Crippen molar-refractivity contribution in [1.29, 1.82) is 0 Å². The molecule has 2 aromatic carbocycles. The van der Waals surface area contributed by atoms with Crippen LogP contribution in [0.2, 0.25) is 10.0 Å². The number of fused-ring (bicyclic) bond motifs is 1. The summed E-state index contributed by atoms with van der Waals surface area (Å²) in [6.45, 7) is 0.792. The summed E-state index contributed by atoms with van der Waals surface area (Å²) in [6.07, 6.45) is 0.824. The van der Waals surface area contributed by atoms with Crippen molar-refractivity contribution in [2.45, 2.75) is 12.5 Å². The Bertz CT molecular complexity index is 688. The first-order chi connectivity index (χ1) is 10.1. The van der Waals surface area contributed by atoms with Gasteiger partial charge < -0.3 is 10.6 Å². The second-order valence-corrected chi connectivity index (χ2v) is 5.80. The lowest BCUT2D eigenvalue weighted by atomic mass is 9.97. The number of nitrogens with one attached hydrogen (secondary N) is 2. The summed E-state index contributed by atoms with van der Waals surface area (Å²) in [4.78, 5) is 12.4. The molecule has 0 saturated heterocycles. The number of halogens is 2. The van der Waals surface area contributed by atoms with Crippen LogP contribution in [0.25, 0.3) is 0 Å². The number of hydrogen-bond donors (Lipinski definition) is 2. The Kier molecular flexibility index (Phi) is 4.04. The molecule has 1 aliphatic rings. The summed E-state index contributed by atoms with van der Waals surface area (Å²) in [5.41, 5.74) is 2.51. The fraction of sp³-hybridized carbons (Fsp3) is 0.188. The third-order valence-corrected chi connectivity index (χ3v) is 4.13. The zero-order valence-corrected chi connectivity index (χ0v) is 12.7. The Balaban J connectivity index is 1.84. The minimum atomic E-state index is -0.159. The van der Waals surface area contributed by atoms with Gasteiger partial charge in [0.15, 0.2) is 0 Å². The number of anilines is 1. The molecule has 108 valence electrons. The zero-order chi connectivity index (χ0) is 14.8. The van der Waals surface area contributed by atoms with Gasteiger partial charge in [0.2, 0.25) is 0 Å². The minimum Gasteiger partial charge on any atom is -0.385 e. The van der Waals surface area contributed by atoms with Gasteiger partial charge in [0, 0.05) is 17.3 Å². The van der Waals surface area contributed by atoms with E-state index in [1.165, 1.54) is 0 Å². The van der Waals surface area contributed by atoms with E-state index in [1.54, 1.807) is 24.3 Å². The maximum Gasteiger partial charge on any atom is 0.253 e. The van der Waals surface area contributed by atoms with Gasteiger partial charge in [-0.05, 0) is 36.2 Å². The van der Waals surface area contributed by atoms with E-state index in [-0.39, 0.29) is 11.9 Å². The molecule has 5 heteroatoms. The largest absolute Gasteiger partial charge is 0.385 e. The summed E-state index contributed by atoms with van der Waals surface area (Å²) in [7, 11) is 0. The Hall–Kier alpha value is -1.71. The Morgan fingerprint density at radius 1 is 1.19 bits per heavy atom. The first-order valence-corrected chi connectivity index (χ1v) is 7.49. The zero-order valence-electron chi connectivity index (χ0n) is 11.2. The van der Waals surface area contributed by atoms with Crippen LogP contribution in [0.15, 0.2) is 42.5 Å². The van der Waals surface area contributed by atoms with Crippen molar-refractivity contribution in [1.82, 2.24) is 5.32 Å². The van der Waals surface area contributed by atoms with Crippen molar-refractivity contribution >= 4 is 34.8 Å². The smallest absolute Gasteiger partial charge is 0.253 e. The van der Waals surface area contributed by atoms with E-state index in [4.69, 9.17) is 23.2 Å². The molecule has 0 radical (unpaired) electrons. The normalized spacial score (nSPS) is 16.8. The van der Waals surface area contributed by atoms with Gasteiger partial charge in [-0.1, -0.05) is 41.4 Å². The SMILES string of the molecule is O=C(NC1CCNc2cc(Cl)ccc21)c1ccccc1Cl. The maximum absolute atomic E-state index is 12.4. The van der Waals surface area contributed by atoms with E-state index in [2.05, 4.69) is 10.6 Å². The van der Waals surface area contributed by atoms with E-state index in [0.717, 1.165) is 24.2 Å². The molecule has 1 heterocycles. The number of hydrogen-bond acceptors (Lipinski definition) is 2. The minimum absolute atomic E-state index is 0.0395. The summed E-state index contributed by atoms with van der Waals surface area (Å²) in [6, 6.07) is 12.7. The van der Waals surface area contributed by atoms with Crippen LogP contribution in [0.4, 0.5) is 5.69 Å². The molecule has 1 aliphatic heterocycles. The highest BCUT2D eigenvalue weighted by atomic mass is 35.5. The van der Waals surface area contributed by atoms with Crippen LogP contribution in [0, 0.1) is 0 Å². The Morgan fingerprint density at radius 2 is 2.00 bits per heavy atom. The van der Waals surface area contributed by atoms with E-state index in [1.807, 2.05) is 18.2 Å². The van der Waals surface area contributed by atoms with E-state index >= 15 is 0 Å². The van der Waals surface area contributed by atoms with Gasteiger partial charge in [0.1, 0.15) is 0 Å². The highest BCUT2D eigenvalue weighted by molar-refractivity contribution is 6.33. The van der Waals surface area contributed by atoms with Gasteiger partial charge in [-0.15, -0.1) is 0 Å². The number of amides is 1. The highest BCUT2D eigenvalue weighted by Crippen LogP contribution is 2.32. The molecular formula is C16H14Cl2N2O. The van der Waals surface area contributed by atoms with Crippen LogP contribution in [0.3, 0.4) is 0 Å². The molecule has 0 saturated carbocycles. The number of benzene rings is 2. The number of carbonyl (C=O) groups excluding carboxylic acids is 1. The highest BCUT2D eigenvalue weighted by Gasteiger charge is 2.22. The van der Waals surface area contributed by atoms with Crippen LogP contribution in [0.5, 0.6) is 0 Å². The molecule has 0 aliphatic carbocycles. The summed E-state index contributed by atoms with van der Waals surface area (Å²) < 4.78 is 0. The van der Waals surface area contributed by atoms with E-state index < -0.39 is 0 Å². The van der Waals surface area contributed by atoms with Crippen LogP contribution in [-0.2, 0) is 0 Å². The van der Waals surface area contributed by atoms with Gasteiger partial charge in [-0.2, -0.15) is 0 Å². The van der Waals surface area contributed by atoms with Crippen molar-refractivity contribution in [3.63, 3.8) is 0 Å². The lowest BCUT2D eigenvalue weighted by Gasteiger charge is -2.27. The van der Waals surface area contributed by atoms with Crippen LogP contribution < -0.4 is 10.6 Å². The second-order valence-electron chi connectivity index (χ2n) is 4.95.